The minimum absolute atomic E-state index is 0.128. The molecule has 138 valence electrons. The van der Waals surface area contributed by atoms with Crippen LogP contribution in [0.25, 0.3) is 0 Å². The average molecular weight is 356 g/mol. The molecule has 1 amide bonds. The van der Waals surface area contributed by atoms with Crippen molar-refractivity contribution < 1.29 is 19.1 Å². The number of rotatable bonds is 4. The van der Waals surface area contributed by atoms with Crippen molar-refractivity contribution in [3.63, 3.8) is 0 Å². The van der Waals surface area contributed by atoms with Gasteiger partial charge in [-0.2, -0.15) is 0 Å². The van der Waals surface area contributed by atoms with Crippen LogP contribution in [0.1, 0.15) is 36.6 Å². The molecule has 0 unspecified atom stereocenters. The zero-order valence-electron chi connectivity index (χ0n) is 14.7. The number of hydrogen-bond donors (Lipinski definition) is 2. The van der Waals surface area contributed by atoms with Crippen LogP contribution in [0.4, 0.5) is 0 Å². The van der Waals surface area contributed by atoms with E-state index in [1.807, 2.05) is 36.4 Å². The molecule has 0 radical (unpaired) electrons. The van der Waals surface area contributed by atoms with Gasteiger partial charge in [-0.25, -0.2) is 0 Å². The van der Waals surface area contributed by atoms with E-state index in [4.69, 9.17) is 14.3 Å². The summed E-state index contributed by atoms with van der Waals surface area (Å²) in [5, 5.41) is 12.1. The number of hydrogen-bond acceptors (Lipinski definition) is 5. The van der Waals surface area contributed by atoms with Crippen molar-refractivity contribution in [1.82, 2.24) is 10.2 Å². The summed E-state index contributed by atoms with van der Waals surface area (Å²) in [7, 11) is 0. The Morgan fingerprint density at radius 3 is 2.77 bits per heavy atom. The molecule has 2 aromatic rings. The number of carbonyl (C=O) groups excluding carboxylic acids is 1. The molecule has 1 atom stereocenters. The largest absolute Gasteiger partial charge is 0.487 e. The first-order valence-corrected chi connectivity index (χ1v) is 9.10. The van der Waals surface area contributed by atoms with Crippen molar-refractivity contribution in [2.45, 2.75) is 37.5 Å². The predicted octanol–water partition coefficient (Wildman–Crippen LogP) is 2.25. The number of aliphatic hydroxyl groups excluding tert-OH is 1. The van der Waals surface area contributed by atoms with E-state index < -0.39 is 6.61 Å². The molecule has 1 fully saturated rings. The number of nitrogens with zero attached hydrogens (tertiary/aromatic N) is 1. The van der Waals surface area contributed by atoms with E-state index in [0.29, 0.717) is 0 Å². The third-order valence-electron chi connectivity index (χ3n) is 5.40. The monoisotopic (exact) mass is 356 g/mol. The number of nitrogens with one attached hydrogen (secondary N) is 1. The molecule has 26 heavy (non-hydrogen) atoms. The molecule has 1 saturated heterocycles. The zero-order valence-corrected chi connectivity index (χ0v) is 14.7. The molecule has 2 aliphatic rings. The van der Waals surface area contributed by atoms with E-state index in [-0.39, 0.29) is 17.6 Å². The minimum atomic E-state index is -0.497. The third kappa shape index (κ3) is 3.48. The summed E-state index contributed by atoms with van der Waals surface area (Å²) in [5.74, 6) is 1.46. The molecule has 1 aromatic carbocycles. The highest BCUT2D eigenvalue weighted by Gasteiger charge is 2.43. The number of carbonyl (C=O) groups is 1. The highest BCUT2D eigenvalue weighted by Crippen LogP contribution is 2.44. The summed E-state index contributed by atoms with van der Waals surface area (Å²) >= 11 is 0. The van der Waals surface area contributed by atoms with Crippen LogP contribution in [0, 0.1) is 0 Å². The normalized spacial score (nSPS) is 21.8. The van der Waals surface area contributed by atoms with E-state index >= 15 is 0 Å². The van der Waals surface area contributed by atoms with Crippen molar-refractivity contribution in [1.29, 1.82) is 0 Å². The van der Waals surface area contributed by atoms with Gasteiger partial charge in [0.15, 0.2) is 0 Å². The quantitative estimate of drug-likeness (QED) is 0.879. The van der Waals surface area contributed by atoms with Crippen LogP contribution < -0.4 is 10.1 Å². The maximum Gasteiger partial charge on any atom is 0.246 e. The van der Waals surface area contributed by atoms with Crippen LogP contribution in [0.15, 0.2) is 47.1 Å². The number of fused-ring (bicyclic) bond motifs is 1. The van der Waals surface area contributed by atoms with Crippen LogP contribution in [0.5, 0.6) is 5.75 Å². The molecule has 6 nitrogen and oxygen atoms in total. The Bertz CT molecular complexity index is 751. The molecule has 0 bridgehead atoms. The number of benzene rings is 1. The van der Waals surface area contributed by atoms with Crippen LogP contribution in [-0.2, 0) is 11.3 Å². The Morgan fingerprint density at radius 1 is 1.23 bits per heavy atom. The highest BCUT2D eigenvalue weighted by molar-refractivity contribution is 5.77. The number of aliphatic hydroxyl groups is 1. The van der Waals surface area contributed by atoms with E-state index in [1.165, 1.54) is 0 Å². The lowest BCUT2D eigenvalue weighted by atomic mass is 9.80. The van der Waals surface area contributed by atoms with Gasteiger partial charge in [-0.15, -0.1) is 0 Å². The Morgan fingerprint density at radius 2 is 2.04 bits per heavy atom. The second-order valence-corrected chi connectivity index (χ2v) is 7.16. The van der Waals surface area contributed by atoms with Crippen LogP contribution >= 0.6 is 0 Å². The van der Waals surface area contributed by atoms with Crippen LogP contribution in [-0.4, -0.2) is 41.2 Å². The lowest BCUT2D eigenvalue weighted by Crippen LogP contribution is -2.52. The topological polar surface area (TPSA) is 74.9 Å². The van der Waals surface area contributed by atoms with Gasteiger partial charge >= 0.3 is 0 Å². The molecule has 6 heteroatoms. The second kappa shape index (κ2) is 7.13. The number of piperidine rings is 1. The van der Waals surface area contributed by atoms with Crippen molar-refractivity contribution in [2.75, 3.05) is 19.7 Å². The fourth-order valence-electron chi connectivity index (χ4n) is 4.03. The van der Waals surface area contributed by atoms with Crippen LogP contribution in [0.3, 0.4) is 0 Å². The number of para-hydroxylation sites is 1. The SMILES string of the molecule is O=C(CO)N[C@H]1CC2(CCN(Cc3ccco3)CC2)Oc2ccccc21. The first kappa shape index (κ1) is 17.1. The zero-order chi connectivity index (χ0) is 18.0. The minimum Gasteiger partial charge on any atom is -0.487 e. The first-order valence-electron chi connectivity index (χ1n) is 9.10. The van der Waals surface area contributed by atoms with E-state index in [2.05, 4.69) is 10.2 Å². The lowest BCUT2D eigenvalue weighted by molar-refractivity contribution is -0.125. The Kier molecular flexibility index (Phi) is 4.70. The van der Waals surface area contributed by atoms with Crippen molar-refractivity contribution >= 4 is 5.91 Å². The summed E-state index contributed by atoms with van der Waals surface area (Å²) < 4.78 is 11.9. The summed E-state index contributed by atoms with van der Waals surface area (Å²) in [6.07, 6.45) is 4.22. The lowest BCUT2D eigenvalue weighted by Gasteiger charge is -2.46. The fraction of sp³-hybridized carbons (Fsp3) is 0.450. The van der Waals surface area contributed by atoms with E-state index in [1.54, 1.807) is 6.26 Å². The average Bonchev–Trinajstić information content (AvgIpc) is 3.17. The van der Waals surface area contributed by atoms with Gasteiger partial charge in [0.05, 0.1) is 18.8 Å². The molecule has 1 aromatic heterocycles. The van der Waals surface area contributed by atoms with Gasteiger partial charge < -0.3 is 19.6 Å². The van der Waals surface area contributed by atoms with Crippen molar-refractivity contribution in [2.24, 2.45) is 0 Å². The first-order chi connectivity index (χ1) is 12.7. The van der Waals surface area contributed by atoms with Gasteiger partial charge in [0, 0.05) is 25.1 Å². The fourth-order valence-corrected chi connectivity index (χ4v) is 4.03. The summed E-state index contributed by atoms with van der Waals surface area (Å²) in [4.78, 5) is 14.1. The summed E-state index contributed by atoms with van der Waals surface area (Å²) in [5.41, 5.74) is 0.708. The van der Waals surface area contributed by atoms with Gasteiger partial charge in [-0.05, 0) is 31.0 Å². The van der Waals surface area contributed by atoms with Crippen LogP contribution in [0.2, 0.25) is 0 Å². The molecule has 0 aliphatic carbocycles. The molecule has 2 N–H and O–H groups in total. The molecular formula is C20H24N2O4. The van der Waals surface area contributed by atoms with Crippen molar-refractivity contribution in [3.05, 3.63) is 54.0 Å². The molecular weight excluding hydrogens is 332 g/mol. The van der Waals surface area contributed by atoms with Gasteiger partial charge in [-0.3, -0.25) is 9.69 Å². The predicted molar refractivity (Wildman–Crippen MR) is 95.6 cm³/mol. The molecule has 3 heterocycles. The third-order valence-corrected chi connectivity index (χ3v) is 5.40. The Labute approximate surface area is 152 Å². The van der Waals surface area contributed by atoms with Crippen molar-refractivity contribution in [3.8, 4) is 5.75 Å². The molecule has 1 spiro atoms. The Hall–Kier alpha value is -2.31. The number of amides is 1. The molecule has 0 saturated carbocycles. The maximum atomic E-state index is 11.8. The number of furan rings is 1. The van der Waals surface area contributed by atoms with Gasteiger partial charge in [0.25, 0.3) is 0 Å². The van der Waals surface area contributed by atoms with Gasteiger partial charge in [0.2, 0.25) is 5.91 Å². The summed E-state index contributed by atoms with van der Waals surface area (Å²) in [6, 6.07) is 11.6. The Balaban J connectivity index is 1.48. The highest BCUT2D eigenvalue weighted by atomic mass is 16.5. The van der Waals surface area contributed by atoms with E-state index in [9.17, 15) is 4.79 Å². The number of likely N-dealkylation sites (tertiary alicyclic amines) is 1. The maximum absolute atomic E-state index is 11.8. The summed E-state index contributed by atoms with van der Waals surface area (Å²) in [6.45, 7) is 2.15. The smallest absolute Gasteiger partial charge is 0.246 e. The van der Waals surface area contributed by atoms with E-state index in [0.717, 1.165) is 56.0 Å². The van der Waals surface area contributed by atoms with Gasteiger partial charge in [0.1, 0.15) is 23.7 Å². The standard InChI is InChI=1S/C20H24N2O4/c23-14-19(24)21-17-12-20(26-18-6-2-1-5-16(17)18)7-9-22(10-8-20)13-15-4-3-11-25-15/h1-6,11,17,23H,7-10,12-14H2,(H,21,24)/t17-/m0/s1. The number of ether oxygens (including phenoxy) is 1. The molecule has 2 aliphatic heterocycles. The molecule has 4 rings (SSSR count). The second-order valence-electron chi connectivity index (χ2n) is 7.16. The van der Waals surface area contributed by atoms with Gasteiger partial charge in [-0.1, -0.05) is 18.2 Å².